The summed E-state index contributed by atoms with van der Waals surface area (Å²) in [6.07, 6.45) is 0.671. The Bertz CT molecular complexity index is 267. The van der Waals surface area contributed by atoms with E-state index >= 15 is 0 Å². The van der Waals surface area contributed by atoms with Crippen molar-refractivity contribution in [3.63, 3.8) is 0 Å². The third kappa shape index (κ3) is 0.962. The van der Waals surface area contributed by atoms with Gasteiger partial charge in [0.15, 0.2) is 0 Å². The largest absolute Gasteiger partial charge is 0.392 e. The van der Waals surface area contributed by atoms with Crippen LogP contribution in [-0.4, -0.2) is 11.2 Å². The van der Waals surface area contributed by atoms with Gasteiger partial charge in [0.2, 0.25) is 0 Å². The zero-order chi connectivity index (χ0) is 7.84. The van der Waals surface area contributed by atoms with Crippen LogP contribution in [-0.2, 0) is 6.42 Å². The summed E-state index contributed by atoms with van der Waals surface area (Å²) in [6.45, 7) is 2.08. The number of benzene rings is 1. The van der Waals surface area contributed by atoms with Gasteiger partial charge in [-0.1, -0.05) is 31.2 Å². The summed E-state index contributed by atoms with van der Waals surface area (Å²) in [5.41, 5.74) is 2.63. The molecule has 1 heteroatoms. The van der Waals surface area contributed by atoms with Gasteiger partial charge in [-0.3, -0.25) is 0 Å². The van der Waals surface area contributed by atoms with Gasteiger partial charge in [0, 0.05) is 5.92 Å². The van der Waals surface area contributed by atoms with Crippen molar-refractivity contribution in [3.05, 3.63) is 35.4 Å². The molecule has 0 bridgehead atoms. The summed E-state index contributed by atoms with van der Waals surface area (Å²) in [5, 5.41) is 9.52. The maximum Gasteiger partial charge on any atom is 0.0646 e. The summed E-state index contributed by atoms with van der Waals surface area (Å²) >= 11 is 0. The highest BCUT2D eigenvalue weighted by molar-refractivity contribution is 5.36. The Labute approximate surface area is 66.7 Å². The Kier molecular flexibility index (Phi) is 1.46. The number of hydrogen-bond acceptors (Lipinski definition) is 1. The van der Waals surface area contributed by atoms with E-state index in [1.807, 2.05) is 12.1 Å². The molecule has 0 heterocycles. The Morgan fingerprint density at radius 3 is 2.82 bits per heavy atom. The van der Waals surface area contributed by atoms with Crippen molar-refractivity contribution in [2.45, 2.75) is 25.4 Å². The van der Waals surface area contributed by atoms with Crippen LogP contribution in [0.15, 0.2) is 24.3 Å². The maximum absolute atomic E-state index is 9.52. The van der Waals surface area contributed by atoms with E-state index < -0.39 is 0 Å². The average Bonchev–Trinajstić information content (AvgIpc) is 2.30. The van der Waals surface area contributed by atoms with Crippen molar-refractivity contribution in [1.82, 2.24) is 0 Å². The van der Waals surface area contributed by atoms with Gasteiger partial charge in [0.05, 0.1) is 6.10 Å². The summed E-state index contributed by atoms with van der Waals surface area (Å²) in [4.78, 5) is 0. The molecular formula is C10H12O. The van der Waals surface area contributed by atoms with Gasteiger partial charge >= 0.3 is 0 Å². The lowest BCUT2D eigenvalue weighted by molar-refractivity contribution is 0.163. The second kappa shape index (κ2) is 2.35. The Balaban J connectivity index is 2.47. The number of rotatable bonds is 0. The predicted octanol–water partition coefficient (Wildman–Crippen LogP) is 1.71. The predicted molar refractivity (Wildman–Crippen MR) is 44.6 cm³/mol. The average molecular weight is 148 g/mol. The molecule has 1 aliphatic carbocycles. The van der Waals surface area contributed by atoms with Crippen molar-refractivity contribution >= 4 is 0 Å². The molecule has 0 aromatic heterocycles. The monoisotopic (exact) mass is 148 g/mol. The first-order valence-electron chi connectivity index (χ1n) is 4.05. The number of aliphatic hydroxyl groups is 1. The molecule has 1 aromatic carbocycles. The lowest BCUT2D eigenvalue weighted by atomic mass is 10.0. The van der Waals surface area contributed by atoms with E-state index in [4.69, 9.17) is 0 Å². The topological polar surface area (TPSA) is 20.2 Å². The second-order valence-electron chi connectivity index (χ2n) is 3.26. The van der Waals surface area contributed by atoms with Crippen molar-refractivity contribution < 1.29 is 5.11 Å². The van der Waals surface area contributed by atoms with Gasteiger partial charge in [-0.05, 0) is 17.5 Å². The zero-order valence-corrected chi connectivity index (χ0v) is 6.62. The van der Waals surface area contributed by atoms with Gasteiger partial charge in [-0.2, -0.15) is 0 Å². The molecule has 2 atom stereocenters. The van der Waals surface area contributed by atoms with E-state index in [2.05, 4.69) is 19.1 Å². The molecule has 0 saturated carbocycles. The molecular weight excluding hydrogens is 136 g/mol. The molecule has 0 saturated heterocycles. The SMILES string of the molecule is C[C@@H]1c2ccccc2CC1O. The fraction of sp³-hybridized carbons (Fsp3) is 0.400. The van der Waals surface area contributed by atoms with Crippen LogP contribution in [0.25, 0.3) is 0 Å². The fourth-order valence-corrected chi connectivity index (χ4v) is 1.77. The van der Waals surface area contributed by atoms with Gasteiger partial charge in [0.1, 0.15) is 0 Å². The van der Waals surface area contributed by atoms with E-state index in [1.165, 1.54) is 11.1 Å². The van der Waals surface area contributed by atoms with Gasteiger partial charge < -0.3 is 5.11 Å². The maximum atomic E-state index is 9.52. The highest BCUT2D eigenvalue weighted by atomic mass is 16.3. The Hall–Kier alpha value is -0.820. The molecule has 1 nitrogen and oxygen atoms in total. The van der Waals surface area contributed by atoms with Crippen molar-refractivity contribution in [2.24, 2.45) is 0 Å². The van der Waals surface area contributed by atoms with Crippen LogP contribution >= 0.6 is 0 Å². The normalized spacial score (nSPS) is 28.5. The summed E-state index contributed by atoms with van der Waals surface area (Å²) in [7, 11) is 0. The van der Waals surface area contributed by atoms with Gasteiger partial charge in [0.25, 0.3) is 0 Å². The minimum Gasteiger partial charge on any atom is -0.392 e. The van der Waals surface area contributed by atoms with Crippen LogP contribution in [0.5, 0.6) is 0 Å². The molecule has 11 heavy (non-hydrogen) atoms. The van der Waals surface area contributed by atoms with E-state index in [9.17, 15) is 5.11 Å². The third-order valence-electron chi connectivity index (χ3n) is 2.55. The molecule has 1 aliphatic rings. The first-order valence-corrected chi connectivity index (χ1v) is 4.05. The van der Waals surface area contributed by atoms with Crippen LogP contribution in [0.2, 0.25) is 0 Å². The van der Waals surface area contributed by atoms with Crippen molar-refractivity contribution in [3.8, 4) is 0 Å². The lowest BCUT2D eigenvalue weighted by Gasteiger charge is -2.07. The van der Waals surface area contributed by atoms with Crippen LogP contribution in [0.1, 0.15) is 24.0 Å². The van der Waals surface area contributed by atoms with Gasteiger partial charge in [-0.15, -0.1) is 0 Å². The molecule has 58 valence electrons. The standard InChI is InChI=1S/C10H12O/c1-7-9-5-3-2-4-8(9)6-10(7)11/h2-5,7,10-11H,6H2,1H3/t7-,10?/m1/s1. The van der Waals surface area contributed by atoms with Crippen LogP contribution < -0.4 is 0 Å². The zero-order valence-electron chi connectivity index (χ0n) is 6.62. The van der Waals surface area contributed by atoms with Crippen LogP contribution in [0.3, 0.4) is 0 Å². The first-order chi connectivity index (χ1) is 5.29. The van der Waals surface area contributed by atoms with Crippen LogP contribution in [0.4, 0.5) is 0 Å². The molecule has 0 fully saturated rings. The van der Waals surface area contributed by atoms with E-state index in [1.54, 1.807) is 0 Å². The first kappa shape index (κ1) is 6.86. The minimum atomic E-state index is -0.160. The van der Waals surface area contributed by atoms with Crippen LogP contribution in [0, 0.1) is 0 Å². The lowest BCUT2D eigenvalue weighted by Crippen LogP contribution is -2.09. The quantitative estimate of drug-likeness (QED) is 0.593. The Morgan fingerprint density at radius 1 is 1.36 bits per heavy atom. The smallest absolute Gasteiger partial charge is 0.0646 e. The van der Waals surface area contributed by atoms with Crippen molar-refractivity contribution in [2.75, 3.05) is 0 Å². The molecule has 0 aliphatic heterocycles. The molecule has 0 radical (unpaired) electrons. The van der Waals surface area contributed by atoms with E-state index in [0.29, 0.717) is 5.92 Å². The molecule has 2 rings (SSSR count). The molecule has 1 N–H and O–H groups in total. The molecule has 0 spiro atoms. The summed E-state index contributed by atoms with van der Waals surface area (Å²) in [6, 6.07) is 8.27. The molecule has 1 unspecified atom stereocenters. The van der Waals surface area contributed by atoms with E-state index in [-0.39, 0.29) is 6.10 Å². The number of fused-ring (bicyclic) bond motifs is 1. The van der Waals surface area contributed by atoms with E-state index in [0.717, 1.165) is 6.42 Å². The summed E-state index contributed by atoms with van der Waals surface area (Å²) < 4.78 is 0. The number of hydrogen-bond donors (Lipinski definition) is 1. The summed E-state index contributed by atoms with van der Waals surface area (Å²) in [5.74, 6) is 0.325. The fourth-order valence-electron chi connectivity index (χ4n) is 1.77. The number of aliphatic hydroxyl groups excluding tert-OH is 1. The van der Waals surface area contributed by atoms with Gasteiger partial charge in [-0.25, -0.2) is 0 Å². The highest BCUT2D eigenvalue weighted by Gasteiger charge is 2.26. The highest BCUT2D eigenvalue weighted by Crippen LogP contribution is 2.32. The molecule has 1 aromatic rings. The van der Waals surface area contributed by atoms with Crippen molar-refractivity contribution in [1.29, 1.82) is 0 Å². The minimum absolute atomic E-state index is 0.160. The third-order valence-corrected chi connectivity index (χ3v) is 2.55. The molecule has 0 amide bonds. The Morgan fingerprint density at radius 2 is 2.09 bits per heavy atom. The second-order valence-corrected chi connectivity index (χ2v) is 3.26.